The highest BCUT2D eigenvalue weighted by Crippen LogP contribution is 2.19. The van der Waals surface area contributed by atoms with Crippen LogP contribution < -0.4 is 15.4 Å². The summed E-state index contributed by atoms with van der Waals surface area (Å²) < 4.78 is 67.5. The molecular formula is C14H10F5N3O2. The van der Waals surface area contributed by atoms with Crippen molar-refractivity contribution < 1.29 is 31.5 Å². The Hall–Kier alpha value is -2.91. The minimum absolute atomic E-state index is 0.126. The first-order valence-electron chi connectivity index (χ1n) is 6.45. The van der Waals surface area contributed by atoms with E-state index in [1.807, 2.05) is 5.32 Å². The molecule has 2 aromatic rings. The fraction of sp³-hybridized carbons (Fsp3) is 0.143. The van der Waals surface area contributed by atoms with Crippen molar-refractivity contribution in [2.45, 2.75) is 13.2 Å². The van der Waals surface area contributed by atoms with Crippen LogP contribution in [-0.4, -0.2) is 17.6 Å². The van der Waals surface area contributed by atoms with Crippen LogP contribution in [0.5, 0.6) is 5.88 Å². The van der Waals surface area contributed by atoms with Gasteiger partial charge in [0.1, 0.15) is 0 Å². The summed E-state index contributed by atoms with van der Waals surface area (Å²) in [6.07, 6.45) is 1.20. The molecule has 128 valence electrons. The third kappa shape index (κ3) is 4.54. The zero-order chi connectivity index (χ0) is 17.7. The summed E-state index contributed by atoms with van der Waals surface area (Å²) >= 11 is 0. The predicted molar refractivity (Wildman–Crippen MR) is 73.0 cm³/mol. The maximum atomic E-state index is 13.4. The number of carbonyl (C=O) groups is 1. The number of amides is 2. The second-order valence-electron chi connectivity index (χ2n) is 4.41. The van der Waals surface area contributed by atoms with E-state index in [2.05, 4.69) is 15.0 Å². The third-order valence-corrected chi connectivity index (χ3v) is 2.75. The molecule has 24 heavy (non-hydrogen) atoms. The van der Waals surface area contributed by atoms with Gasteiger partial charge < -0.3 is 15.4 Å². The topological polar surface area (TPSA) is 63.2 Å². The minimum atomic E-state index is -3.04. The normalized spacial score (nSPS) is 10.6. The summed E-state index contributed by atoms with van der Waals surface area (Å²) in [4.78, 5) is 15.2. The molecule has 0 atom stereocenters. The lowest BCUT2D eigenvalue weighted by molar-refractivity contribution is -0.0529. The lowest BCUT2D eigenvalue weighted by Crippen LogP contribution is -2.28. The van der Waals surface area contributed by atoms with Gasteiger partial charge in [-0.05, 0) is 23.8 Å². The number of ether oxygens (including phenoxy) is 1. The number of rotatable bonds is 5. The smallest absolute Gasteiger partial charge is 0.388 e. The summed E-state index contributed by atoms with van der Waals surface area (Å²) in [7, 11) is 0. The number of pyridine rings is 1. The van der Waals surface area contributed by atoms with E-state index in [1.165, 1.54) is 18.3 Å². The van der Waals surface area contributed by atoms with E-state index in [-0.39, 0.29) is 12.4 Å². The number of urea groups is 1. The highest BCUT2D eigenvalue weighted by atomic mass is 19.3. The fourth-order valence-corrected chi connectivity index (χ4v) is 1.69. The zero-order valence-electron chi connectivity index (χ0n) is 11.8. The largest absolute Gasteiger partial charge is 0.417 e. The van der Waals surface area contributed by atoms with Crippen molar-refractivity contribution in [3.63, 3.8) is 0 Å². The molecule has 0 aliphatic rings. The van der Waals surface area contributed by atoms with E-state index in [4.69, 9.17) is 0 Å². The molecular weight excluding hydrogens is 337 g/mol. The molecule has 0 unspecified atom stereocenters. The van der Waals surface area contributed by atoms with Gasteiger partial charge in [-0.1, -0.05) is 0 Å². The first-order valence-corrected chi connectivity index (χ1v) is 6.45. The van der Waals surface area contributed by atoms with E-state index in [9.17, 15) is 26.7 Å². The Morgan fingerprint density at radius 2 is 1.92 bits per heavy atom. The molecule has 0 radical (unpaired) electrons. The van der Waals surface area contributed by atoms with Gasteiger partial charge in [0, 0.05) is 18.8 Å². The number of anilines is 1. The van der Waals surface area contributed by atoms with Crippen LogP contribution in [0.15, 0.2) is 30.5 Å². The predicted octanol–water partition coefficient (Wildman–Crippen LogP) is 3.42. The highest BCUT2D eigenvalue weighted by Gasteiger charge is 2.15. The number of benzene rings is 1. The first kappa shape index (κ1) is 17.4. The monoisotopic (exact) mass is 347 g/mol. The molecule has 0 fully saturated rings. The lowest BCUT2D eigenvalue weighted by Gasteiger charge is -2.10. The van der Waals surface area contributed by atoms with Gasteiger partial charge in [0.15, 0.2) is 17.5 Å². The van der Waals surface area contributed by atoms with Crippen molar-refractivity contribution in [1.82, 2.24) is 10.3 Å². The van der Waals surface area contributed by atoms with Crippen LogP contribution in [0, 0.1) is 17.5 Å². The zero-order valence-corrected chi connectivity index (χ0v) is 11.8. The molecule has 0 aliphatic heterocycles. The molecule has 0 spiro atoms. The Labute approximate surface area is 132 Å². The maximum absolute atomic E-state index is 13.4. The van der Waals surface area contributed by atoms with Crippen molar-refractivity contribution in [2.24, 2.45) is 0 Å². The molecule has 1 aromatic heterocycles. The number of nitrogens with zero attached hydrogens (tertiary/aromatic N) is 1. The molecule has 0 bridgehead atoms. The number of nitrogens with one attached hydrogen (secondary N) is 2. The Kier molecular flexibility index (Phi) is 5.51. The van der Waals surface area contributed by atoms with Gasteiger partial charge in [0.05, 0.1) is 5.69 Å². The van der Waals surface area contributed by atoms with Gasteiger partial charge in [-0.2, -0.15) is 8.78 Å². The quantitative estimate of drug-likeness (QED) is 0.643. The van der Waals surface area contributed by atoms with Crippen LogP contribution in [-0.2, 0) is 6.54 Å². The SMILES string of the molecule is O=C(NCc1ccnc(OC(F)F)c1)Nc1ccc(F)c(F)c1F. The van der Waals surface area contributed by atoms with E-state index in [1.54, 1.807) is 0 Å². The molecule has 0 aliphatic carbocycles. The van der Waals surface area contributed by atoms with Crippen molar-refractivity contribution >= 4 is 11.7 Å². The number of hydrogen-bond donors (Lipinski definition) is 2. The van der Waals surface area contributed by atoms with Gasteiger partial charge >= 0.3 is 12.6 Å². The summed E-state index contributed by atoms with van der Waals surface area (Å²) in [6, 6.07) is 3.20. The summed E-state index contributed by atoms with van der Waals surface area (Å²) in [5.41, 5.74) is -0.176. The average molecular weight is 347 g/mol. The Bertz CT molecular complexity index is 742. The molecule has 10 heteroatoms. The van der Waals surface area contributed by atoms with Gasteiger partial charge in [-0.15, -0.1) is 0 Å². The third-order valence-electron chi connectivity index (χ3n) is 2.75. The van der Waals surface area contributed by atoms with Crippen molar-refractivity contribution in [3.8, 4) is 5.88 Å². The summed E-state index contributed by atoms with van der Waals surface area (Å²) in [5, 5.41) is 4.28. The minimum Gasteiger partial charge on any atom is -0.417 e. The average Bonchev–Trinajstić information content (AvgIpc) is 2.53. The first-order chi connectivity index (χ1) is 11.4. The Morgan fingerprint density at radius 1 is 1.17 bits per heavy atom. The van der Waals surface area contributed by atoms with Crippen molar-refractivity contribution in [2.75, 3.05) is 5.32 Å². The molecule has 2 N–H and O–H groups in total. The van der Waals surface area contributed by atoms with Gasteiger partial charge in [-0.3, -0.25) is 0 Å². The fourth-order valence-electron chi connectivity index (χ4n) is 1.69. The van der Waals surface area contributed by atoms with Crippen molar-refractivity contribution in [1.29, 1.82) is 0 Å². The van der Waals surface area contributed by atoms with E-state index in [0.717, 1.165) is 6.07 Å². The Balaban J connectivity index is 1.95. The molecule has 2 rings (SSSR count). The lowest BCUT2D eigenvalue weighted by atomic mass is 10.2. The van der Waals surface area contributed by atoms with Crippen LogP contribution in [0.2, 0.25) is 0 Å². The van der Waals surface area contributed by atoms with Gasteiger partial charge in [0.2, 0.25) is 5.88 Å². The molecule has 2 amide bonds. The molecule has 0 saturated heterocycles. The summed E-state index contributed by atoms with van der Waals surface area (Å²) in [6.45, 7) is -3.17. The molecule has 1 aromatic carbocycles. The number of carbonyl (C=O) groups excluding carboxylic acids is 1. The molecule has 5 nitrogen and oxygen atoms in total. The number of alkyl halides is 2. The van der Waals surface area contributed by atoms with Crippen LogP contribution in [0.1, 0.15) is 5.56 Å². The van der Waals surface area contributed by atoms with Crippen LogP contribution in [0.25, 0.3) is 0 Å². The van der Waals surface area contributed by atoms with E-state index in [0.29, 0.717) is 11.6 Å². The highest BCUT2D eigenvalue weighted by molar-refractivity contribution is 5.89. The molecule has 0 saturated carbocycles. The number of aromatic nitrogens is 1. The number of hydrogen-bond acceptors (Lipinski definition) is 3. The van der Waals surface area contributed by atoms with Crippen LogP contribution >= 0.6 is 0 Å². The Morgan fingerprint density at radius 3 is 2.62 bits per heavy atom. The van der Waals surface area contributed by atoms with E-state index < -0.39 is 35.8 Å². The van der Waals surface area contributed by atoms with E-state index >= 15 is 0 Å². The second kappa shape index (κ2) is 7.57. The van der Waals surface area contributed by atoms with Crippen LogP contribution in [0.4, 0.5) is 32.4 Å². The number of halogens is 5. The van der Waals surface area contributed by atoms with Crippen molar-refractivity contribution in [3.05, 3.63) is 53.5 Å². The standard InChI is InChI=1S/C14H10F5N3O2/c15-8-1-2-9(12(17)11(8)16)22-14(23)21-6-7-3-4-20-10(5-7)24-13(18)19/h1-5,13H,6H2,(H2,21,22,23). The van der Waals surface area contributed by atoms with Gasteiger partial charge in [0.25, 0.3) is 0 Å². The second-order valence-corrected chi connectivity index (χ2v) is 4.41. The molecule has 1 heterocycles. The van der Waals surface area contributed by atoms with Crippen LogP contribution in [0.3, 0.4) is 0 Å². The summed E-state index contributed by atoms with van der Waals surface area (Å²) in [5.74, 6) is -4.98. The maximum Gasteiger partial charge on any atom is 0.388 e. The van der Waals surface area contributed by atoms with Gasteiger partial charge in [-0.25, -0.2) is 22.9 Å².